The first-order valence-electron chi connectivity index (χ1n) is 7.55. The second-order valence-corrected chi connectivity index (χ2v) is 5.75. The fraction of sp³-hybridized carbons (Fsp3) is 0.625. The summed E-state index contributed by atoms with van der Waals surface area (Å²) >= 11 is 0. The van der Waals surface area contributed by atoms with Gasteiger partial charge in [0, 0.05) is 6.07 Å². The van der Waals surface area contributed by atoms with E-state index in [9.17, 15) is 17.6 Å². The van der Waals surface area contributed by atoms with Crippen LogP contribution in [0.4, 0.5) is 17.6 Å². The summed E-state index contributed by atoms with van der Waals surface area (Å²) in [4.78, 5) is 0. The lowest BCUT2D eigenvalue weighted by Gasteiger charge is -2.27. The summed E-state index contributed by atoms with van der Waals surface area (Å²) in [6, 6.07) is 3.16. The van der Waals surface area contributed by atoms with E-state index in [0.29, 0.717) is 12.5 Å². The van der Waals surface area contributed by atoms with Gasteiger partial charge in [-0.3, -0.25) is 0 Å². The van der Waals surface area contributed by atoms with Gasteiger partial charge in [0.05, 0.1) is 6.61 Å². The van der Waals surface area contributed by atoms with Gasteiger partial charge in [-0.1, -0.05) is 26.2 Å². The van der Waals surface area contributed by atoms with Gasteiger partial charge in [0.2, 0.25) is 0 Å². The molecule has 0 amide bonds. The highest BCUT2D eigenvalue weighted by Crippen LogP contribution is 2.32. The van der Waals surface area contributed by atoms with E-state index >= 15 is 0 Å². The summed E-state index contributed by atoms with van der Waals surface area (Å²) in [6.45, 7) is 2.66. The Bertz CT molecular complexity index is 480. The summed E-state index contributed by atoms with van der Waals surface area (Å²) < 4.78 is 58.8. The van der Waals surface area contributed by atoms with Crippen molar-refractivity contribution in [2.24, 2.45) is 11.8 Å². The third-order valence-corrected chi connectivity index (χ3v) is 4.16. The first-order chi connectivity index (χ1) is 10.4. The third-order valence-electron chi connectivity index (χ3n) is 4.16. The van der Waals surface area contributed by atoms with Gasteiger partial charge >= 0.3 is 6.36 Å². The van der Waals surface area contributed by atoms with Crippen molar-refractivity contribution < 1.29 is 27.0 Å². The number of rotatable bonds is 5. The molecule has 0 spiro atoms. The minimum atomic E-state index is -4.90. The second kappa shape index (κ2) is 7.20. The van der Waals surface area contributed by atoms with Crippen LogP contribution in [0.5, 0.6) is 11.5 Å². The molecule has 0 aromatic heterocycles. The Morgan fingerprint density at radius 3 is 2.27 bits per heavy atom. The van der Waals surface area contributed by atoms with Crippen molar-refractivity contribution in [1.82, 2.24) is 0 Å². The molecule has 0 aliphatic heterocycles. The largest absolute Gasteiger partial charge is 0.573 e. The highest BCUT2D eigenvalue weighted by Gasteiger charge is 2.32. The molecular weight excluding hydrogens is 300 g/mol. The molecule has 22 heavy (non-hydrogen) atoms. The Balaban J connectivity index is 1.85. The molecule has 0 atom stereocenters. The molecular formula is C16H20F4O2. The number of ether oxygens (including phenoxy) is 2. The molecule has 0 bridgehead atoms. The smallest absolute Gasteiger partial charge is 0.493 e. The van der Waals surface area contributed by atoms with Crippen LogP contribution < -0.4 is 9.47 Å². The van der Waals surface area contributed by atoms with Crippen molar-refractivity contribution in [3.05, 3.63) is 24.0 Å². The molecule has 1 aromatic carbocycles. The van der Waals surface area contributed by atoms with Gasteiger partial charge in [0.15, 0.2) is 11.6 Å². The Morgan fingerprint density at radius 1 is 1.09 bits per heavy atom. The number of halogens is 4. The lowest BCUT2D eigenvalue weighted by Crippen LogP contribution is -2.20. The number of hydrogen-bond donors (Lipinski definition) is 0. The zero-order chi connectivity index (χ0) is 16.2. The summed E-state index contributed by atoms with van der Waals surface area (Å²) in [5, 5.41) is 0. The average molecular weight is 320 g/mol. The molecule has 0 unspecified atom stereocenters. The van der Waals surface area contributed by atoms with E-state index < -0.39 is 17.9 Å². The minimum absolute atomic E-state index is 0.227. The van der Waals surface area contributed by atoms with Gasteiger partial charge in [0.25, 0.3) is 0 Å². The lowest BCUT2D eigenvalue weighted by molar-refractivity contribution is -0.275. The zero-order valence-electron chi connectivity index (χ0n) is 12.5. The lowest BCUT2D eigenvalue weighted by atomic mass is 9.81. The van der Waals surface area contributed by atoms with E-state index in [1.807, 2.05) is 0 Å². The van der Waals surface area contributed by atoms with Crippen LogP contribution >= 0.6 is 0 Å². The molecule has 1 aromatic rings. The molecule has 1 aliphatic carbocycles. The Kier molecular flexibility index (Phi) is 5.53. The molecule has 1 aliphatic rings. The van der Waals surface area contributed by atoms with Crippen LogP contribution in [0.3, 0.4) is 0 Å². The van der Waals surface area contributed by atoms with Crippen molar-refractivity contribution in [2.75, 3.05) is 6.61 Å². The van der Waals surface area contributed by atoms with Gasteiger partial charge in [-0.2, -0.15) is 0 Å². The van der Waals surface area contributed by atoms with Crippen LogP contribution in [-0.4, -0.2) is 13.0 Å². The molecule has 1 saturated carbocycles. The maximum Gasteiger partial charge on any atom is 0.573 e. The highest BCUT2D eigenvalue weighted by atomic mass is 19.4. The van der Waals surface area contributed by atoms with Crippen LogP contribution in [0.2, 0.25) is 0 Å². The fourth-order valence-corrected chi connectivity index (χ4v) is 2.80. The normalized spacial score (nSPS) is 22.4. The van der Waals surface area contributed by atoms with Crippen molar-refractivity contribution in [3.8, 4) is 11.5 Å². The van der Waals surface area contributed by atoms with Gasteiger partial charge < -0.3 is 9.47 Å². The first kappa shape index (κ1) is 16.9. The monoisotopic (exact) mass is 320 g/mol. The maximum absolute atomic E-state index is 13.5. The molecule has 124 valence electrons. The summed E-state index contributed by atoms with van der Waals surface area (Å²) in [5.74, 6) is -0.484. The van der Waals surface area contributed by atoms with E-state index in [4.69, 9.17) is 4.74 Å². The topological polar surface area (TPSA) is 18.5 Å². The molecule has 1 fully saturated rings. The van der Waals surface area contributed by atoms with E-state index in [1.165, 1.54) is 25.3 Å². The Morgan fingerprint density at radius 2 is 1.73 bits per heavy atom. The van der Waals surface area contributed by atoms with Gasteiger partial charge in [-0.25, -0.2) is 4.39 Å². The minimum Gasteiger partial charge on any atom is -0.493 e. The Hall–Kier alpha value is -1.46. The van der Waals surface area contributed by atoms with Crippen LogP contribution in [0.1, 0.15) is 39.0 Å². The molecule has 2 rings (SSSR count). The second-order valence-electron chi connectivity index (χ2n) is 5.75. The van der Waals surface area contributed by atoms with E-state index in [1.54, 1.807) is 0 Å². The molecule has 0 radical (unpaired) electrons. The number of alkyl halides is 3. The Labute approximate surface area is 127 Å². The molecule has 2 nitrogen and oxygen atoms in total. The van der Waals surface area contributed by atoms with Crippen LogP contribution in [-0.2, 0) is 0 Å². The van der Waals surface area contributed by atoms with Crippen LogP contribution in [0.25, 0.3) is 0 Å². The quantitative estimate of drug-likeness (QED) is 0.684. The SMILES string of the molecule is CCC1CCC(COc2ccc(OC(F)(F)F)c(F)c2)CC1. The average Bonchev–Trinajstić information content (AvgIpc) is 2.47. The predicted octanol–water partition coefficient (Wildman–Crippen LogP) is 5.32. The van der Waals surface area contributed by atoms with E-state index in [2.05, 4.69) is 11.7 Å². The van der Waals surface area contributed by atoms with Gasteiger partial charge in [-0.15, -0.1) is 13.2 Å². The molecule has 0 saturated heterocycles. The van der Waals surface area contributed by atoms with Crippen LogP contribution in [0.15, 0.2) is 18.2 Å². The number of hydrogen-bond acceptors (Lipinski definition) is 2. The third kappa shape index (κ3) is 5.07. The number of benzene rings is 1. The summed E-state index contributed by atoms with van der Waals surface area (Å²) in [5.41, 5.74) is 0. The van der Waals surface area contributed by atoms with Crippen molar-refractivity contribution >= 4 is 0 Å². The zero-order valence-corrected chi connectivity index (χ0v) is 12.5. The van der Waals surface area contributed by atoms with E-state index in [0.717, 1.165) is 30.9 Å². The fourth-order valence-electron chi connectivity index (χ4n) is 2.80. The highest BCUT2D eigenvalue weighted by molar-refractivity contribution is 5.33. The van der Waals surface area contributed by atoms with Crippen molar-refractivity contribution in [3.63, 3.8) is 0 Å². The van der Waals surface area contributed by atoms with Gasteiger partial charge in [-0.05, 0) is 36.8 Å². The maximum atomic E-state index is 13.5. The first-order valence-corrected chi connectivity index (χ1v) is 7.55. The van der Waals surface area contributed by atoms with E-state index in [-0.39, 0.29) is 5.75 Å². The molecule has 0 heterocycles. The molecule has 0 N–H and O–H groups in total. The van der Waals surface area contributed by atoms with Crippen LogP contribution in [0, 0.1) is 17.7 Å². The standard InChI is InChI=1S/C16H20F4O2/c1-2-11-3-5-12(6-4-11)10-21-13-7-8-15(14(17)9-13)22-16(18,19)20/h7-9,11-12H,2-6,10H2,1H3. The summed E-state index contributed by atoms with van der Waals surface area (Å²) in [7, 11) is 0. The van der Waals surface area contributed by atoms with Crippen molar-refractivity contribution in [1.29, 1.82) is 0 Å². The predicted molar refractivity (Wildman–Crippen MR) is 74.3 cm³/mol. The van der Waals surface area contributed by atoms with Crippen molar-refractivity contribution in [2.45, 2.75) is 45.4 Å². The summed E-state index contributed by atoms with van der Waals surface area (Å²) in [6.07, 6.45) is 0.807. The molecule has 6 heteroatoms. The van der Waals surface area contributed by atoms with Gasteiger partial charge in [0.1, 0.15) is 5.75 Å².